The molecule has 0 aliphatic carbocycles. The second-order valence-corrected chi connectivity index (χ2v) is 10.9. The summed E-state index contributed by atoms with van der Waals surface area (Å²) >= 11 is 5.99. The van der Waals surface area contributed by atoms with Crippen molar-refractivity contribution < 1.29 is 22.7 Å². The molecule has 2 aromatic carbocycles. The third kappa shape index (κ3) is 8.71. The van der Waals surface area contributed by atoms with Crippen LogP contribution in [-0.2, 0) is 26.2 Å². The highest BCUT2D eigenvalue weighted by Gasteiger charge is 2.27. The van der Waals surface area contributed by atoms with Gasteiger partial charge in [-0.25, -0.2) is 8.42 Å². The Kier molecular flexibility index (Phi) is 11.5. The fraction of sp³-hybridized carbons (Fsp3) is 0.462. The molecule has 0 spiro atoms. The number of rotatable bonds is 14. The standard InChI is InChI=1S/C26H36ClN3O5S/c1-5-6-17-28-26(32)20(2)29(19-21-13-15-22(27)16-14-21)25(31)12-9-18-30(36(4,33)34)23-10-7-8-11-24(23)35-3/h7-8,10-11,13-16,20H,5-6,9,12,17-19H2,1-4H3,(H,28,32)/t20-/m1/s1. The number of hydrogen-bond acceptors (Lipinski definition) is 5. The summed E-state index contributed by atoms with van der Waals surface area (Å²) in [5.74, 6) is -0.0369. The van der Waals surface area contributed by atoms with E-state index < -0.39 is 16.1 Å². The summed E-state index contributed by atoms with van der Waals surface area (Å²) in [5.41, 5.74) is 1.25. The van der Waals surface area contributed by atoms with Gasteiger partial charge in [0.1, 0.15) is 11.8 Å². The normalized spacial score (nSPS) is 12.0. The van der Waals surface area contributed by atoms with Crippen molar-refractivity contribution in [3.63, 3.8) is 0 Å². The van der Waals surface area contributed by atoms with Crippen molar-refractivity contribution in [3.8, 4) is 5.75 Å². The van der Waals surface area contributed by atoms with Crippen molar-refractivity contribution in [2.75, 3.05) is 30.8 Å². The van der Waals surface area contributed by atoms with Crippen LogP contribution >= 0.6 is 11.6 Å². The maximum absolute atomic E-state index is 13.3. The van der Waals surface area contributed by atoms with Crippen molar-refractivity contribution in [1.82, 2.24) is 10.2 Å². The van der Waals surface area contributed by atoms with E-state index in [1.54, 1.807) is 43.3 Å². The van der Waals surface area contributed by atoms with Crippen LogP contribution in [0.1, 0.15) is 45.1 Å². The van der Waals surface area contributed by atoms with Crippen molar-refractivity contribution in [1.29, 1.82) is 0 Å². The topological polar surface area (TPSA) is 96.0 Å². The van der Waals surface area contributed by atoms with Crippen molar-refractivity contribution >= 4 is 39.1 Å². The van der Waals surface area contributed by atoms with E-state index in [9.17, 15) is 18.0 Å². The summed E-state index contributed by atoms with van der Waals surface area (Å²) in [5, 5.41) is 3.47. The number of methoxy groups -OCH3 is 1. The Morgan fingerprint density at radius 1 is 1.08 bits per heavy atom. The molecule has 10 heteroatoms. The number of benzene rings is 2. The van der Waals surface area contributed by atoms with Crippen LogP contribution in [0.4, 0.5) is 5.69 Å². The maximum Gasteiger partial charge on any atom is 0.242 e. The molecule has 0 aliphatic heterocycles. The van der Waals surface area contributed by atoms with Gasteiger partial charge in [0.2, 0.25) is 21.8 Å². The fourth-order valence-electron chi connectivity index (χ4n) is 3.72. The Labute approximate surface area is 219 Å². The van der Waals surface area contributed by atoms with Gasteiger partial charge in [-0.3, -0.25) is 13.9 Å². The van der Waals surface area contributed by atoms with Crippen LogP contribution in [0, 0.1) is 0 Å². The molecular weight excluding hydrogens is 502 g/mol. The predicted octanol–water partition coefficient (Wildman–Crippen LogP) is 4.23. The van der Waals surface area contributed by atoms with Crippen LogP contribution < -0.4 is 14.4 Å². The smallest absolute Gasteiger partial charge is 0.242 e. The van der Waals surface area contributed by atoms with E-state index in [0.717, 1.165) is 24.7 Å². The molecule has 1 N–H and O–H groups in total. The molecule has 2 rings (SSSR count). The summed E-state index contributed by atoms with van der Waals surface area (Å²) in [6.45, 7) is 4.62. The van der Waals surface area contributed by atoms with Gasteiger partial charge in [-0.2, -0.15) is 0 Å². The highest BCUT2D eigenvalue weighted by Crippen LogP contribution is 2.29. The minimum absolute atomic E-state index is 0.0708. The molecule has 0 fully saturated rings. The largest absolute Gasteiger partial charge is 0.495 e. The molecule has 0 aromatic heterocycles. The Hall–Kier alpha value is -2.78. The van der Waals surface area contributed by atoms with Crippen LogP contribution in [0.3, 0.4) is 0 Å². The molecule has 0 bridgehead atoms. The first-order valence-corrected chi connectivity index (χ1v) is 14.2. The van der Waals surface area contributed by atoms with Gasteiger partial charge in [-0.1, -0.05) is 49.2 Å². The first-order chi connectivity index (χ1) is 17.1. The minimum atomic E-state index is -3.61. The first-order valence-electron chi connectivity index (χ1n) is 12.0. The lowest BCUT2D eigenvalue weighted by Gasteiger charge is -2.29. The summed E-state index contributed by atoms with van der Waals surface area (Å²) in [4.78, 5) is 27.6. The van der Waals surface area contributed by atoms with E-state index >= 15 is 0 Å². The molecule has 198 valence electrons. The van der Waals surface area contributed by atoms with E-state index in [2.05, 4.69) is 5.32 Å². The van der Waals surface area contributed by atoms with Crippen molar-refractivity contribution in [2.45, 2.75) is 52.1 Å². The molecule has 0 heterocycles. The number of unbranched alkanes of at least 4 members (excludes halogenated alkanes) is 1. The second kappa shape index (κ2) is 14.1. The average molecular weight is 538 g/mol. The quantitative estimate of drug-likeness (QED) is 0.364. The van der Waals surface area contributed by atoms with Crippen molar-refractivity contribution in [3.05, 3.63) is 59.1 Å². The molecule has 36 heavy (non-hydrogen) atoms. The van der Waals surface area contributed by atoms with Gasteiger partial charge in [0.05, 0.1) is 19.1 Å². The zero-order valence-electron chi connectivity index (χ0n) is 21.4. The monoisotopic (exact) mass is 537 g/mol. The van der Waals surface area contributed by atoms with Crippen LogP contribution in [0.2, 0.25) is 5.02 Å². The summed E-state index contributed by atoms with van der Waals surface area (Å²) in [7, 11) is -2.14. The molecule has 8 nitrogen and oxygen atoms in total. The van der Waals surface area contributed by atoms with E-state index in [-0.39, 0.29) is 37.7 Å². The number of carbonyl (C=O) groups is 2. The van der Waals surface area contributed by atoms with Gasteiger partial charge in [0, 0.05) is 31.1 Å². The number of sulfonamides is 1. The lowest BCUT2D eigenvalue weighted by atomic mass is 10.1. The Morgan fingerprint density at radius 2 is 1.75 bits per heavy atom. The number of para-hydroxylation sites is 2. The number of hydrogen-bond donors (Lipinski definition) is 1. The molecule has 2 aromatic rings. The zero-order valence-corrected chi connectivity index (χ0v) is 22.9. The number of amides is 2. The number of nitrogens with one attached hydrogen (secondary N) is 1. The Bertz CT molecular complexity index is 1110. The minimum Gasteiger partial charge on any atom is -0.495 e. The molecular formula is C26H36ClN3O5S. The number of nitrogens with zero attached hydrogens (tertiary/aromatic N) is 2. The van der Waals surface area contributed by atoms with Gasteiger partial charge < -0.3 is 15.0 Å². The lowest BCUT2D eigenvalue weighted by Crippen LogP contribution is -2.48. The SMILES string of the molecule is CCCCNC(=O)[C@@H](C)N(Cc1ccc(Cl)cc1)C(=O)CCCN(c1ccccc1OC)S(C)(=O)=O. The van der Waals surface area contributed by atoms with Crippen LogP contribution in [0.15, 0.2) is 48.5 Å². The molecule has 0 aliphatic rings. The average Bonchev–Trinajstić information content (AvgIpc) is 2.85. The highest BCUT2D eigenvalue weighted by molar-refractivity contribution is 7.92. The molecule has 0 unspecified atom stereocenters. The molecule has 0 saturated carbocycles. The molecule has 1 atom stereocenters. The van der Waals surface area contributed by atoms with Crippen LogP contribution in [-0.4, -0.2) is 57.6 Å². The van der Waals surface area contributed by atoms with Gasteiger partial charge in [0.15, 0.2) is 0 Å². The number of carbonyl (C=O) groups excluding carboxylic acids is 2. The number of halogens is 1. The second-order valence-electron chi connectivity index (χ2n) is 8.58. The van der Waals surface area contributed by atoms with Gasteiger partial charge in [-0.15, -0.1) is 0 Å². The Balaban J connectivity index is 2.16. The third-order valence-electron chi connectivity index (χ3n) is 5.77. The summed E-state index contributed by atoms with van der Waals surface area (Å²) in [6, 6.07) is 13.3. The van der Waals surface area contributed by atoms with Gasteiger partial charge >= 0.3 is 0 Å². The number of anilines is 1. The van der Waals surface area contributed by atoms with Crippen LogP contribution in [0.25, 0.3) is 0 Å². The van der Waals surface area contributed by atoms with E-state index in [0.29, 0.717) is 23.0 Å². The van der Waals surface area contributed by atoms with E-state index in [1.165, 1.54) is 16.3 Å². The van der Waals surface area contributed by atoms with Crippen LogP contribution in [0.5, 0.6) is 5.75 Å². The maximum atomic E-state index is 13.3. The molecule has 0 saturated heterocycles. The van der Waals surface area contributed by atoms with E-state index in [1.807, 2.05) is 19.1 Å². The highest BCUT2D eigenvalue weighted by atomic mass is 35.5. The van der Waals surface area contributed by atoms with Gasteiger partial charge in [-0.05, 0) is 49.6 Å². The predicted molar refractivity (Wildman–Crippen MR) is 144 cm³/mol. The molecule has 2 amide bonds. The number of ether oxygens (including phenoxy) is 1. The lowest BCUT2D eigenvalue weighted by molar-refractivity contribution is -0.140. The summed E-state index contributed by atoms with van der Waals surface area (Å²) < 4.78 is 31.6. The Morgan fingerprint density at radius 3 is 2.36 bits per heavy atom. The summed E-state index contributed by atoms with van der Waals surface area (Å²) in [6.07, 6.45) is 3.27. The van der Waals surface area contributed by atoms with Crippen molar-refractivity contribution in [2.24, 2.45) is 0 Å². The first kappa shape index (κ1) is 29.5. The fourth-order valence-corrected chi connectivity index (χ4v) is 4.82. The molecule has 0 radical (unpaired) electrons. The van der Waals surface area contributed by atoms with Gasteiger partial charge in [0.25, 0.3) is 0 Å². The van der Waals surface area contributed by atoms with E-state index in [4.69, 9.17) is 16.3 Å². The zero-order chi connectivity index (χ0) is 26.7. The third-order valence-corrected chi connectivity index (χ3v) is 7.20.